The van der Waals surface area contributed by atoms with Crippen molar-refractivity contribution < 1.29 is 0 Å². The van der Waals surface area contributed by atoms with Crippen LogP contribution in [-0.2, 0) is 0 Å². The van der Waals surface area contributed by atoms with E-state index in [1.807, 2.05) is 12.3 Å². The maximum absolute atomic E-state index is 4.43. The standard InChI is InChI=1S/C11H15N5/c1-9-3-7-15(8-4-9)11-13-10-12-5-2-6-16(10)14-11/h2,5-6,9H,3-4,7-8H2,1H3. The third-order valence-electron chi connectivity index (χ3n) is 3.17. The predicted octanol–water partition coefficient (Wildman–Crippen LogP) is 1.36. The van der Waals surface area contributed by atoms with Gasteiger partial charge in [0, 0.05) is 25.5 Å². The van der Waals surface area contributed by atoms with Gasteiger partial charge in [0.15, 0.2) is 0 Å². The Bertz CT molecular complexity index is 451. The van der Waals surface area contributed by atoms with Crippen molar-refractivity contribution in [1.82, 2.24) is 19.6 Å². The van der Waals surface area contributed by atoms with Gasteiger partial charge in [0.2, 0.25) is 5.95 Å². The van der Waals surface area contributed by atoms with Crippen molar-refractivity contribution in [3.8, 4) is 0 Å². The molecular weight excluding hydrogens is 202 g/mol. The van der Waals surface area contributed by atoms with Gasteiger partial charge in [-0.25, -0.2) is 9.50 Å². The number of hydrogen-bond donors (Lipinski definition) is 0. The van der Waals surface area contributed by atoms with Crippen LogP contribution in [0, 0.1) is 5.92 Å². The van der Waals surface area contributed by atoms with Crippen LogP contribution in [0.1, 0.15) is 19.8 Å². The molecule has 1 aliphatic rings. The van der Waals surface area contributed by atoms with Crippen molar-refractivity contribution in [3.63, 3.8) is 0 Å². The van der Waals surface area contributed by atoms with Crippen LogP contribution in [0.2, 0.25) is 0 Å². The minimum atomic E-state index is 0.677. The van der Waals surface area contributed by atoms with Crippen molar-refractivity contribution >= 4 is 11.7 Å². The zero-order valence-corrected chi connectivity index (χ0v) is 9.37. The molecule has 5 heteroatoms. The van der Waals surface area contributed by atoms with E-state index in [4.69, 9.17) is 0 Å². The Labute approximate surface area is 94.1 Å². The first-order valence-corrected chi connectivity index (χ1v) is 5.75. The molecule has 0 N–H and O–H groups in total. The van der Waals surface area contributed by atoms with E-state index in [1.165, 1.54) is 12.8 Å². The molecule has 0 atom stereocenters. The minimum Gasteiger partial charge on any atom is -0.339 e. The summed E-state index contributed by atoms with van der Waals surface area (Å²) in [4.78, 5) is 10.8. The Morgan fingerprint density at radius 3 is 2.88 bits per heavy atom. The Hall–Kier alpha value is -1.65. The van der Waals surface area contributed by atoms with E-state index in [0.717, 1.165) is 25.0 Å². The number of piperidine rings is 1. The van der Waals surface area contributed by atoms with Gasteiger partial charge >= 0.3 is 0 Å². The van der Waals surface area contributed by atoms with Crippen LogP contribution in [0.3, 0.4) is 0 Å². The average molecular weight is 217 g/mol. The lowest BCUT2D eigenvalue weighted by molar-refractivity contribution is 0.434. The van der Waals surface area contributed by atoms with E-state index in [1.54, 1.807) is 10.7 Å². The molecule has 0 saturated carbocycles. The maximum atomic E-state index is 4.43. The number of aromatic nitrogens is 4. The Morgan fingerprint density at radius 1 is 1.31 bits per heavy atom. The van der Waals surface area contributed by atoms with Crippen LogP contribution in [0.15, 0.2) is 18.5 Å². The average Bonchev–Trinajstić information content (AvgIpc) is 2.73. The first kappa shape index (κ1) is 9.57. The molecule has 0 unspecified atom stereocenters. The summed E-state index contributed by atoms with van der Waals surface area (Å²) in [5, 5.41) is 4.43. The molecule has 0 aliphatic carbocycles. The van der Waals surface area contributed by atoms with Crippen molar-refractivity contribution in [3.05, 3.63) is 18.5 Å². The quantitative estimate of drug-likeness (QED) is 0.723. The summed E-state index contributed by atoms with van der Waals surface area (Å²) >= 11 is 0. The molecule has 1 aliphatic heterocycles. The first-order valence-electron chi connectivity index (χ1n) is 5.75. The molecule has 16 heavy (non-hydrogen) atoms. The van der Waals surface area contributed by atoms with Gasteiger partial charge in [0.05, 0.1) is 0 Å². The molecule has 5 nitrogen and oxygen atoms in total. The van der Waals surface area contributed by atoms with E-state index in [2.05, 4.69) is 26.9 Å². The molecule has 3 rings (SSSR count). The number of nitrogens with zero attached hydrogens (tertiary/aromatic N) is 5. The second-order valence-electron chi connectivity index (χ2n) is 4.45. The minimum absolute atomic E-state index is 0.677. The summed E-state index contributed by atoms with van der Waals surface area (Å²) in [6.07, 6.45) is 6.07. The van der Waals surface area contributed by atoms with Gasteiger partial charge in [-0.2, -0.15) is 4.98 Å². The van der Waals surface area contributed by atoms with Crippen molar-refractivity contribution in [2.45, 2.75) is 19.8 Å². The summed E-state index contributed by atoms with van der Waals surface area (Å²) in [7, 11) is 0. The number of rotatable bonds is 1. The second kappa shape index (κ2) is 3.73. The summed E-state index contributed by atoms with van der Waals surface area (Å²) < 4.78 is 1.73. The highest BCUT2D eigenvalue weighted by molar-refractivity contribution is 5.38. The van der Waals surface area contributed by atoms with Crippen molar-refractivity contribution in [1.29, 1.82) is 0 Å². The molecular formula is C11H15N5. The second-order valence-corrected chi connectivity index (χ2v) is 4.45. The number of anilines is 1. The highest BCUT2D eigenvalue weighted by Gasteiger charge is 2.19. The molecule has 0 amide bonds. The number of fused-ring (bicyclic) bond motifs is 1. The molecule has 2 aromatic rings. The lowest BCUT2D eigenvalue weighted by Crippen LogP contribution is -2.33. The SMILES string of the molecule is CC1CCN(c2nc3ncccn3n2)CC1. The van der Waals surface area contributed by atoms with Gasteiger partial charge in [-0.15, -0.1) is 5.10 Å². The van der Waals surface area contributed by atoms with Gasteiger partial charge in [0.1, 0.15) is 0 Å². The fourth-order valence-electron chi connectivity index (χ4n) is 2.06. The molecule has 1 saturated heterocycles. The lowest BCUT2D eigenvalue weighted by atomic mass is 10.00. The Morgan fingerprint density at radius 2 is 2.12 bits per heavy atom. The smallest absolute Gasteiger partial charge is 0.253 e. The molecule has 1 fully saturated rings. The molecule has 3 heterocycles. The molecule has 0 radical (unpaired) electrons. The highest BCUT2D eigenvalue weighted by Crippen LogP contribution is 2.20. The van der Waals surface area contributed by atoms with Gasteiger partial charge in [0.25, 0.3) is 5.78 Å². The van der Waals surface area contributed by atoms with Crippen molar-refractivity contribution in [2.24, 2.45) is 5.92 Å². The molecule has 0 aromatic carbocycles. The summed E-state index contributed by atoms with van der Waals surface area (Å²) in [5.74, 6) is 2.31. The van der Waals surface area contributed by atoms with Gasteiger partial charge in [-0.3, -0.25) is 0 Å². The van der Waals surface area contributed by atoms with Crippen LogP contribution in [0.25, 0.3) is 5.78 Å². The molecule has 2 aromatic heterocycles. The topological polar surface area (TPSA) is 46.3 Å². The third kappa shape index (κ3) is 1.62. The Kier molecular flexibility index (Phi) is 2.23. The van der Waals surface area contributed by atoms with Crippen LogP contribution in [-0.4, -0.2) is 32.7 Å². The summed E-state index contributed by atoms with van der Waals surface area (Å²) in [5.41, 5.74) is 0. The van der Waals surface area contributed by atoms with E-state index in [-0.39, 0.29) is 0 Å². The van der Waals surface area contributed by atoms with Crippen LogP contribution in [0.4, 0.5) is 5.95 Å². The summed E-state index contributed by atoms with van der Waals surface area (Å²) in [6.45, 7) is 4.41. The van der Waals surface area contributed by atoms with Crippen LogP contribution in [0.5, 0.6) is 0 Å². The van der Waals surface area contributed by atoms with E-state index < -0.39 is 0 Å². The molecule has 0 bridgehead atoms. The fraction of sp³-hybridized carbons (Fsp3) is 0.545. The van der Waals surface area contributed by atoms with Crippen LogP contribution < -0.4 is 4.90 Å². The maximum Gasteiger partial charge on any atom is 0.253 e. The zero-order chi connectivity index (χ0) is 11.0. The zero-order valence-electron chi connectivity index (χ0n) is 9.37. The van der Waals surface area contributed by atoms with Crippen LogP contribution >= 0.6 is 0 Å². The highest BCUT2D eigenvalue weighted by atomic mass is 15.4. The van der Waals surface area contributed by atoms with Crippen molar-refractivity contribution in [2.75, 3.05) is 18.0 Å². The van der Waals surface area contributed by atoms with Gasteiger partial charge in [-0.05, 0) is 24.8 Å². The van der Waals surface area contributed by atoms with Gasteiger partial charge < -0.3 is 4.90 Å². The summed E-state index contributed by atoms with van der Waals surface area (Å²) in [6, 6.07) is 1.86. The Balaban J connectivity index is 1.88. The third-order valence-corrected chi connectivity index (χ3v) is 3.17. The normalized spacial score (nSPS) is 18.2. The van der Waals surface area contributed by atoms with E-state index >= 15 is 0 Å². The predicted molar refractivity (Wildman–Crippen MR) is 61.4 cm³/mol. The van der Waals surface area contributed by atoms with Gasteiger partial charge in [-0.1, -0.05) is 6.92 Å². The molecule has 0 spiro atoms. The van der Waals surface area contributed by atoms with E-state index in [0.29, 0.717) is 5.78 Å². The number of hydrogen-bond acceptors (Lipinski definition) is 4. The largest absolute Gasteiger partial charge is 0.339 e. The molecule has 84 valence electrons. The lowest BCUT2D eigenvalue weighted by Gasteiger charge is -2.28. The first-order chi connectivity index (χ1) is 7.83. The van der Waals surface area contributed by atoms with E-state index in [9.17, 15) is 0 Å². The monoisotopic (exact) mass is 217 g/mol. The fourth-order valence-corrected chi connectivity index (χ4v) is 2.06.